The van der Waals surface area contributed by atoms with E-state index < -0.39 is 23.7 Å². The van der Waals surface area contributed by atoms with E-state index in [1.165, 1.54) is 18.2 Å². The van der Waals surface area contributed by atoms with Gasteiger partial charge >= 0.3 is 6.03 Å². The van der Waals surface area contributed by atoms with E-state index in [4.69, 9.17) is 9.47 Å². The quantitative estimate of drug-likeness (QED) is 0.307. The van der Waals surface area contributed by atoms with Gasteiger partial charge in [0.25, 0.3) is 11.8 Å². The first-order valence-corrected chi connectivity index (χ1v) is 11.9. The number of carbonyl (C=O) groups is 3. The summed E-state index contributed by atoms with van der Waals surface area (Å²) in [4.78, 5) is 38.8. The lowest BCUT2D eigenvalue weighted by molar-refractivity contribution is -0.122. The van der Waals surface area contributed by atoms with Crippen molar-refractivity contribution in [1.29, 1.82) is 0 Å². The normalized spacial score (nSPS) is 14.7. The molecule has 1 heterocycles. The number of anilines is 1. The molecule has 4 amide bonds. The van der Waals surface area contributed by atoms with Crippen molar-refractivity contribution in [1.82, 2.24) is 5.32 Å². The minimum absolute atomic E-state index is 0.133. The van der Waals surface area contributed by atoms with Gasteiger partial charge in [-0.2, -0.15) is 0 Å². The van der Waals surface area contributed by atoms with Crippen molar-refractivity contribution in [3.63, 3.8) is 0 Å². The van der Waals surface area contributed by atoms with Crippen molar-refractivity contribution in [2.45, 2.75) is 20.5 Å². The summed E-state index contributed by atoms with van der Waals surface area (Å²) < 4.78 is 25.6. The molecule has 36 heavy (non-hydrogen) atoms. The van der Waals surface area contributed by atoms with E-state index in [1.807, 2.05) is 38.1 Å². The van der Waals surface area contributed by atoms with Gasteiger partial charge < -0.3 is 9.47 Å². The summed E-state index contributed by atoms with van der Waals surface area (Å²) in [7, 11) is 0. The number of nitrogens with zero attached hydrogens (tertiary/aromatic N) is 1. The van der Waals surface area contributed by atoms with Gasteiger partial charge in [-0.05, 0) is 83.4 Å². The Labute approximate surface area is 215 Å². The number of barbiturate groups is 1. The minimum atomic E-state index is -0.912. The Morgan fingerprint density at radius 3 is 2.36 bits per heavy atom. The lowest BCUT2D eigenvalue weighted by atomic mass is 10.1. The van der Waals surface area contributed by atoms with Crippen LogP contribution in [0.15, 0.2) is 70.7 Å². The fraction of sp³-hybridized carbons (Fsp3) is 0.148. The van der Waals surface area contributed by atoms with Crippen molar-refractivity contribution < 1.29 is 28.2 Å². The van der Waals surface area contributed by atoms with E-state index in [0.29, 0.717) is 34.7 Å². The van der Waals surface area contributed by atoms with Crippen LogP contribution in [-0.4, -0.2) is 24.5 Å². The van der Waals surface area contributed by atoms with Crippen molar-refractivity contribution >= 4 is 45.5 Å². The third-order valence-corrected chi connectivity index (χ3v) is 5.92. The molecule has 3 aromatic rings. The van der Waals surface area contributed by atoms with Gasteiger partial charge in [0.05, 0.1) is 16.8 Å². The van der Waals surface area contributed by atoms with Gasteiger partial charge in [0.15, 0.2) is 11.5 Å². The largest absolute Gasteiger partial charge is 0.490 e. The highest BCUT2D eigenvalue weighted by Crippen LogP contribution is 2.38. The first-order valence-electron chi connectivity index (χ1n) is 11.1. The Morgan fingerprint density at radius 1 is 1.00 bits per heavy atom. The van der Waals surface area contributed by atoms with E-state index in [2.05, 4.69) is 21.2 Å². The molecule has 0 atom stereocenters. The van der Waals surface area contributed by atoms with Crippen LogP contribution in [-0.2, 0) is 16.2 Å². The Kier molecular flexibility index (Phi) is 7.49. The lowest BCUT2D eigenvalue weighted by Gasteiger charge is -2.26. The third kappa shape index (κ3) is 5.46. The highest BCUT2D eigenvalue weighted by molar-refractivity contribution is 9.10. The predicted molar refractivity (Wildman–Crippen MR) is 136 cm³/mol. The molecule has 1 saturated heterocycles. The number of nitrogens with one attached hydrogen (secondary N) is 1. The van der Waals surface area contributed by atoms with Crippen LogP contribution in [0.25, 0.3) is 6.08 Å². The molecular formula is C27H22BrFN2O5. The fourth-order valence-corrected chi connectivity index (χ4v) is 4.14. The SMILES string of the molecule is CCOc1cc(/C=C2\C(=O)NC(=O)N(c3ccc(F)cc3)C2=O)cc(Br)c1OCc1ccc(C)cc1. The average molecular weight is 553 g/mol. The molecule has 0 bridgehead atoms. The molecule has 0 unspecified atom stereocenters. The zero-order valence-electron chi connectivity index (χ0n) is 19.5. The Balaban J connectivity index is 1.65. The number of hydrogen-bond acceptors (Lipinski definition) is 5. The molecule has 0 aromatic heterocycles. The topological polar surface area (TPSA) is 84.9 Å². The smallest absolute Gasteiger partial charge is 0.335 e. The number of hydrogen-bond donors (Lipinski definition) is 1. The van der Waals surface area contributed by atoms with E-state index in [1.54, 1.807) is 12.1 Å². The molecule has 1 aliphatic heterocycles. The third-order valence-electron chi connectivity index (χ3n) is 5.33. The molecule has 1 aliphatic rings. The molecule has 9 heteroatoms. The molecule has 0 radical (unpaired) electrons. The number of halogens is 2. The second kappa shape index (κ2) is 10.7. The second-order valence-electron chi connectivity index (χ2n) is 7.97. The summed E-state index contributed by atoms with van der Waals surface area (Å²) in [6.07, 6.45) is 1.36. The van der Waals surface area contributed by atoms with Gasteiger partial charge in [-0.3, -0.25) is 14.9 Å². The highest BCUT2D eigenvalue weighted by Gasteiger charge is 2.36. The number of rotatable bonds is 7. The van der Waals surface area contributed by atoms with Crippen LogP contribution in [0.1, 0.15) is 23.6 Å². The monoisotopic (exact) mass is 552 g/mol. The maximum atomic E-state index is 13.3. The standard InChI is InChI=1S/C27H22BrFN2O5/c1-3-35-23-14-18(13-22(28)24(23)36-15-17-6-4-16(2)5-7-17)12-21-25(32)30-27(34)31(26(21)33)20-10-8-19(29)9-11-20/h4-14H,3,15H2,1-2H3,(H,30,32,34)/b21-12+. The molecule has 4 rings (SSSR count). The predicted octanol–water partition coefficient (Wildman–Crippen LogP) is 5.54. The van der Waals surface area contributed by atoms with E-state index in [-0.39, 0.29) is 11.3 Å². The highest BCUT2D eigenvalue weighted by atomic mass is 79.9. The van der Waals surface area contributed by atoms with Crippen LogP contribution in [0.3, 0.4) is 0 Å². The maximum absolute atomic E-state index is 13.3. The van der Waals surface area contributed by atoms with Gasteiger partial charge in [-0.1, -0.05) is 29.8 Å². The summed E-state index contributed by atoms with van der Waals surface area (Å²) in [5.74, 6) is -1.29. The minimum Gasteiger partial charge on any atom is -0.490 e. The van der Waals surface area contributed by atoms with Gasteiger partial charge in [0.1, 0.15) is 18.0 Å². The van der Waals surface area contributed by atoms with Crippen LogP contribution in [0, 0.1) is 12.7 Å². The first-order chi connectivity index (χ1) is 17.3. The summed E-state index contributed by atoms with van der Waals surface area (Å²) in [5, 5.41) is 2.15. The second-order valence-corrected chi connectivity index (χ2v) is 8.83. The first kappa shape index (κ1) is 25.1. The van der Waals surface area contributed by atoms with Gasteiger partial charge in [-0.25, -0.2) is 14.1 Å². The molecule has 1 N–H and O–H groups in total. The molecular weight excluding hydrogens is 531 g/mol. The number of carbonyl (C=O) groups excluding carboxylic acids is 3. The molecule has 0 saturated carbocycles. The number of urea groups is 1. The van der Waals surface area contributed by atoms with Crippen LogP contribution < -0.4 is 19.7 Å². The Bertz CT molecular complexity index is 1350. The lowest BCUT2D eigenvalue weighted by Crippen LogP contribution is -2.54. The van der Waals surface area contributed by atoms with Crippen LogP contribution in [0.5, 0.6) is 11.5 Å². The van der Waals surface area contributed by atoms with Crippen LogP contribution in [0.2, 0.25) is 0 Å². The number of imide groups is 2. The number of amides is 4. The van der Waals surface area contributed by atoms with Crippen LogP contribution >= 0.6 is 15.9 Å². The van der Waals surface area contributed by atoms with Crippen molar-refractivity contribution in [3.8, 4) is 11.5 Å². The molecule has 0 aliphatic carbocycles. The maximum Gasteiger partial charge on any atom is 0.335 e. The van der Waals surface area contributed by atoms with Gasteiger partial charge in [0, 0.05) is 0 Å². The fourth-order valence-electron chi connectivity index (χ4n) is 3.56. The molecule has 1 fully saturated rings. The van der Waals surface area contributed by atoms with E-state index >= 15 is 0 Å². The number of benzene rings is 3. The average Bonchev–Trinajstić information content (AvgIpc) is 2.83. The molecule has 184 valence electrons. The summed E-state index contributed by atoms with van der Waals surface area (Å²) >= 11 is 3.49. The van der Waals surface area contributed by atoms with Crippen molar-refractivity contribution in [3.05, 3.63) is 93.2 Å². The van der Waals surface area contributed by atoms with Crippen molar-refractivity contribution in [2.24, 2.45) is 0 Å². The van der Waals surface area contributed by atoms with E-state index in [0.717, 1.165) is 28.2 Å². The molecule has 7 nitrogen and oxygen atoms in total. The zero-order chi connectivity index (χ0) is 25.8. The summed E-state index contributed by atoms with van der Waals surface area (Å²) in [6.45, 7) is 4.51. The molecule has 3 aromatic carbocycles. The Hall–Kier alpha value is -3.98. The van der Waals surface area contributed by atoms with Gasteiger partial charge in [0.2, 0.25) is 0 Å². The van der Waals surface area contributed by atoms with Crippen molar-refractivity contribution in [2.75, 3.05) is 11.5 Å². The van der Waals surface area contributed by atoms with Gasteiger partial charge in [-0.15, -0.1) is 0 Å². The zero-order valence-corrected chi connectivity index (χ0v) is 21.1. The van der Waals surface area contributed by atoms with E-state index in [9.17, 15) is 18.8 Å². The number of ether oxygens (including phenoxy) is 2. The summed E-state index contributed by atoms with van der Waals surface area (Å²) in [6, 6.07) is 15.2. The summed E-state index contributed by atoms with van der Waals surface area (Å²) in [5.41, 5.74) is 2.47. The Morgan fingerprint density at radius 2 is 1.69 bits per heavy atom. The molecule has 0 spiro atoms. The number of aryl methyl sites for hydroxylation is 1. The van der Waals surface area contributed by atoms with Crippen LogP contribution in [0.4, 0.5) is 14.9 Å².